The average molecular weight is 1780 g/mol. The highest BCUT2D eigenvalue weighted by Crippen LogP contribution is 2.42. The van der Waals surface area contributed by atoms with Crippen LogP contribution in [0.5, 0.6) is 0 Å². The number of alkyl halides is 2. The monoisotopic (exact) mass is 1780 g/mol. The minimum absolute atomic E-state index is 0.00131. The van der Waals surface area contributed by atoms with Crippen LogP contribution in [-0.2, 0) is 38.4 Å². The summed E-state index contributed by atoms with van der Waals surface area (Å²) in [5.74, 6) is -7.12. The molecule has 0 aromatic heterocycles. The Labute approximate surface area is 526 Å². The Balaban J connectivity index is 2.19. The number of nitrogens with zero attached hydrogens (tertiary/aromatic N) is 2. The van der Waals surface area contributed by atoms with Crippen molar-refractivity contribution in [1.82, 2.24) is 31.9 Å². The summed E-state index contributed by atoms with van der Waals surface area (Å²) in [5.41, 5.74) is -1.14. The zero-order valence-corrected chi connectivity index (χ0v) is 53.4. The van der Waals surface area contributed by atoms with E-state index in [1.807, 2.05) is 0 Å². The zero-order valence-electron chi connectivity index (χ0n) is 40.5. The van der Waals surface area contributed by atoms with Crippen molar-refractivity contribution in [2.24, 2.45) is 9.98 Å². The molecular formula is C43H58I6N8O21. The summed E-state index contributed by atoms with van der Waals surface area (Å²) in [7, 11) is 0. The molecule has 10 unspecified atom stereocenters. The molecule has 0 fully saturated rings. The van der Waals surface area contributed by atoms with Crippen LogP contribution in [0.2, 0.25) is 0 Å². The molecule has 29 nitrogen and oxygen atoms in total. The molecule has 0 saturated heterocycles. The van der Waals surface area contributed by atoms with Gasteiger partial charge < -0.3 is 98.3 Å². The van der Waals surface area contributed by atoms with E-state index in [4.69, 9.17) is 0 Å². The zero-order chi connectivity index (χ0) is 59.3. The van der Waals surface area contributed by atoms with Crippen LogP contribution in [0, 0.1) is 0 Å². The standard InChI is InChI=1S/C43H58I6N8O21/c44-32-28(40(75)52-16(7-58)20(67)11-62)34(46)38(35(47)29(32)41(76)53-17(8-59)21(68)12-63)56-26(73)3-1-24(71)50-5-15(66)6-51-25(72)2-4-27(74)57-39-36(48)30(42(77)54-18(9-60)22(69)13-64)33(45)31(37(39)49)43(78)55-19(10-61)23(70)14-65/h15-23,34,36,58-70H,1-14H2,(H,50,71)(H,51,72)(H,52,75)(H,53,76)(H,54,77)(H,55,78). The number of carbonyl (C=O) groups excluding carboxylic acids is 8. The minimum atomic E-state index is -1.60. The predicted molar refractivity (Wildman–Crippen MR) is 324 cm³/mol. The third-order valence-electron chi connectivity index (χ3n) is 11.1. The molecule has 438 valence electrons. The first-order valence-electron chi connectivity index (χ1n) is 22.9. The highest BCUT2D eigenvalue weighted by atomic mass is 127. The fraction of sp³-hybridized carbons (Fsp3) is 0.581. The third kappa shape index (κ3) is 20.9. The maximum Gasteiger partial charge on any atom is 0.253 e. The van der Waals surface area contributed by atoms with Gasteiger partial charge in [0.05, 0.1) is 138 Å². The number of amides is 8. The van der Waals surface area contributed by atoms with Crippen LogP contribution in [0.3, 0.4) is 0 Å². The van der Waals surface area contributed by atoms with Crippen molar-refractivity contribution >= 4 is 194 Å². The number of hydrogen-bond acceptors (Lipinski definition) is 21. The average Bonchev–Trinajstić information content (AvgIpc) is 3.41. The molecular weight excluding hydrogens is 1730 g/mol. The minimum Gasteiger partial charge on any atom is -0.394 e. The van der Waals surface area contributed by atoms with Crippen LogP contribution >= 0.6 is 136 Å². The topological polar surface area (TPSA) is 496 Å². The maximum atomic E-state index is 13.6. The van der Waals surface area contributed by atoms with Crippen LogP contribution in [-0.4, -0.2) is 254 Å². The van der Waals surface area contributed by atoms with Crippen LogP contribution in [0.4, 0.5) is 0 Å². The summed E-state index contributed by atoms with van der Waals surface area (Å²) in [4.78, 5) is 115. The van der Waals surface area contributed by atoms with E-state index < -0.39 is 201 Å². The number of rotatable bonds is 30. The van der Waals surface area contributed by atoms with E-state index in [9.17, 15) is 105 Å². The van der Waals surface area contributed by atoms with E-state index in [2.05, 4.69) is 41.9 Å². The fourth-order valence-electron chi connectivity index (χ4n) is 6.55. The molecule has 0 heterocycles. The Hall–Kier alpha value is -1.68. The van der Waals surface area contributed by atoms with E-state index in [1.165, 1.54) is 0 Å². The first-order valence-corrected chi connectivity index (χ1v) is 29.7. The second kappa shape index (κ2) is 36.1. The van der Waals surface area contributed by atoms with Gasteiger partial charge in [-0.2, -0.15) is 0 Å². The summed E-state index contributed by atoms with van der Waals surface area (Å²) >= 11 is 10.2. The first kappa shape index (κ1) is 72.4. The smallest absolute Gasteiger partial charge is 0.253 e. The van der Waals surface area contributed by atoms with Gasteiger partial charge in [-0.3, -0.25) is 38.4 Å². The molecule has 10 atom stereocenters. The molecule has 0 aromatic rings. The van der Waals surface area contributed by atoms with Crippen molar-refractivity contribution in [2.75, 3.05) is 65.9 Å². The maximum absolute atomic E-state index is 13.6. The third-order valence-corrected chi connectivity index (χ3v) is 17.9. The van der Waals surface area contributed by atoms with Gasteiger partial charge in [0.2, 0.25) is 35.4 Å². The molecule has 0 spiro atoms. The largest absolute Gasteiger partial charge is 0.394 e. The molecule has 35 heteroatoms. The first-order chi connectivity index (χ1) is 36.7. The summed E-state index contributed by atoms with van der Waals surface area (Å²) in [5, 5.41) is 142. The SMILES string of the molecule is O=C(CCC(=O)NCC(O)CNC(=O)CCC(=O)N=C1C(I)=C(C(=O)NC(CO)C(O)CO)C(I)=C(C(=O)NC(CO)C(O)CO)C1I)N=C1C(I)=C(C(=O)NC(CO)C(O)CO)C(I)=C(C(=O)NC(CO)C(O)CO)C1I. The molecule has 0 saturated carbocycles. The Morgan fingerprint density at radius 3 is 0.936 bits per heavy atom. The van der Waals surface area contributed by atoms with Crippen molar-refractivity contribution in [1.29, 1.82) is 0 Å². The Morgan fingerprint density at radius 1 is 0.410 bits per heavy atom. The van der Waals surface area contributed by atoms with Crippen LogP contribution in [0.15, 0.2) is 46.6 Å². The van der Waals surface area contributed by atoms with E-state index in [0.717, 1.165) is 0 Å². The van der Waals surface area contributed by atoms with Gasteiger partial charge in [-0.15, -0.1) is 0 Å². The highest BCUT2D eigenvalue weighted by molar-refractivity contribution is 14.1. The number of halogens is 6. The lowest BCUT2D eigenvalue weighted by Crippen LogP contribution is -2.50. The van der Waals surface area contributed by atoms with Gasteiger partial charge in [-0.05, 0) is 90.4 Å². The number of allylic oxidation sites excluding steroid dienone is 2. The van der Waals surface area contributed by atoms with Crippen molar-refractivity contribution < 1.29 is 105 Å². The quantitative estimate of drug-likeness (QED) is 0.0235. The molecule has 8 amide bonds. The second-order valence-corrected chi connectivity index (χ2v) is 23.5. The van der Waals surface area contributed by atoms with E-state index in [0.29, 0.717) is 0 Å². The van der Waals surface area contributed by atoms with Gasteiger partial charge in [-0.1, -0.05) is 45.2 Å². The van der Waals surface area contributed by atoms with Gasteiger partial charge in [0, 0.05) is 64.2 Å². The second-order valence-electron chi connectivity index (χ2n) is 16.7. The molecule has 0 radical (unpaired) electrons. The summed E-state index contributed by atoms with van der Waals surface area (Å²) in [6.45, 7) is -7.45. The Bertz CT molecular complexity index is 2250. The van der Waals surface area contributed by atoms with Crippen LogP contribution < -0.4 is 31.9 Å². The number of nitrogens with one attached hydrogen (secondary N) is 6. The van der Waals surface area contributed by atoms with Crippen molar-refractivity contribution in [3.05, 3.63) is 36.6 Å². The molecule has 0 aromatic carbocycles. The number of carbonyl (C=O) groups is 8. The Kier molecular flexibility index (Phi) is 33.5. The van der Waals surface area contributed by atoms with Gasteiger partial charge in [0.1, 0.15) is 0 Å². The van der Waals surface area contributed by atoms with Gasteiger partial charge in [0.25, 0.3) is 11.8 Å². The van der Waals surface area contributed by atoms with Crippen LogP contribution in [0.25, 0.3) is 0 Å². The van der Waals surface area contributed by atoms with Crippen molar-refractivity contribution in [2.45, 2.75) is 88.2 Å². The van der Waals surface area contributed by atoms with Gasteiger partial charge in [-0.25, -0.2) is 9.98 Å². The molecule has 0 bridgehead atoms. The predicted octanol–water partition coefficient (Wildman–Crippen LogP) is -6.21. The molecule has 2 rings (SSSR count). The number of aliphatic imine (C=N–C) groups is 2. The molecule has 19 N–H and O–H groups in total. The normalized spacial score (nSPS) is 20.5. The van der Waals surface area contributed by atoms with Gasteiger partial charge in [0.15, 0.2) is 0 Å². The molecule has 0 aliphatic heterocycles. The lowest BCUT2D eigenvalue weighted by molar-refractivity contribution is -0.125. The lowest BCUT2D eigenvalue weighted by Gasteiger charge is -2.29. The van der Waals surface area contributed by atoms with Crippen molar-refractivity contribution in [3.63, 3.8) is 0 Å². The summed E-state index contributed by atoms with van der Waals surface area (Å²) in [6, 6.07) is -5.49. The van der Waals surface area contributed by atoms with E-state index in [-0.39, 0.29) is 48.0 Å². The molecule has 2 aliphatic rings. The summed E-state index contributed by atoms with van der Waals surface area (Å²) < 4.78 is -2.09. The number of aliphatic hydroxyl groups excluding tert-OH is 13. The fourth-order valence-corrected chi connectivity index (χ4v) is 16.1. The number of aliphatic hydroxyl groups is 13. The molecule has 2 aliphatic carbocycles. The summed E-state index contributed by atoms with van der Waals surface area (Å²) in [6.07, 6.45) is -9.83. The van der Waals surface area contributed by atoms with E-state index in [1.54, 1.807) is 136 Å². The number of hydrogen-bond donors (Lipinski definition) is 19. The molecule has 78 heavy (non-hydrogen) atoms. The van der Waals surface area contributed by atoms with Crippen LogP contribution in [0.1, 0.15) is 25.7 Å². The van der Waals surface area contributed by atoms with Gasteiger partial charge >= 0.3 is 0 Å². The lowest BCUT2D eigenvalue weighted by atomic mass is 9.95. The highest BCUT2D eigenvalue weighted by Gasteiger charge is 2.41. The Morgan fingerprint density at radius 2 is 0.679 bits per heavy atom. The van der Waals surface area contributed by atoms with E-state index >= 15 is 0 Å². The van der Waals surface area contributed by atoms with Crippen molar-refractivity contribution in [3.8, 4) is 0 Å².